The summed E-state index contributed by atoms with van der Waals surface area (Å²) in [5.41, 5.74) is 5.53. The van der Waals surface area contributed by atoms with E-state index in [4.69, 9.17) is 5.73 Å². The second-order valence-electron chi connectivity index (χ2n) is 2.15. The van der Waals surface area contributed by atoms with Gasteiger partial charge in [-0.05, 0) is 15.9 Å². The minimum atomic E-state index is 0.691. The van der Waals surface area contributed by atoms with E-state index in [1.54, 1.807) is 17.1 Å². The summed E-state index contributed by atoms with van der Waals surface area (Å²) >= 11 is 4.70. The zero-order valence-electron chi connectivity index (χ0n) is 5.94. The van der Waals surface area contributed by atoms with Gasteiger partial charge in [-0.1, -0.05) is 11.3 Å². The molecule has 0 atom stereocenters. The molecule has 6 heteroatoms. The fourth-order valence-electron chi connectivity index (χ4n) is 0.788. The molecule has 0 amide bonds. The van der Waals surface area contributed by atoms with E-state index in [0.717, 1.165) is 9.60 Å². The van der Waals surface area contributed by atoms with E-state index >= 15 is 0 Å². The summed E-state index contributed by atoms with van der Waals surface area (Å²) < 4.78 is 2.60. The number of anilines is 1. The van der Waals surface area contributed by atoms with Crippen LogP contribution in [0.3, 0.4) is 0 Å². The van der Waals surface area contributed by atoms with Crippen LogP contribution in [0.1, 0.15) is 0 Å². The van der Waals surface area contributed by atoms with Crippen molar-refractivity contribution < 1.29 is 0 Å². The largest absolute Gasteiger partial charge is 0.389 e. The van der Waals surface area contributed by atoms with Crippen LogP contribution in [0.4, 0.5) is 5.00 Å². The number of hydrogen-bond acceptors (Lipinski definition) is 4. The zero-order valence-corrected chi connectivity index (χ0v) is 8.34. The molecule has 0 aromatic carbocycles. The minimum absolute atomic E-state index is 0.691. The van der Waals surface area contributed by atoms with Crippen LogP contribution in [-0.2, 0) is 0 Å². The Balaban J connectivity index is 2.43. The second-order valence-corrected chi connectivity index (χ2v) is 4.10. The zero-order chi connectivity index (χ0) is 8.55. The normalized spacial score (nSPS) is 10.4. The van der Waals surface area contributed by atoms with Crippen LogP contribution in [0.5, 0.6) is 0 Å². The first kappa shape index (κ1) is 7.75. The van der Waals surface area contributed by atoms with Gasteiger partial charge in [0.25, 0.3) is 0 Å². The molecule has 0 bridgehead atoms. The van der Waals surface area contributed by atoms with Gasteiger partial charge in [0, 0.05) is 6.20 Å². The Morgan fingerprint density at radius 2 is 2.33 bits per heavy atom. The topological polar surface area (TPSA) is 56.7 Å². The summed E-state index contributed by atoms with van der Waals surface area (Å²) in [6.07, 6.45) is 5.16. The summed E-state index contributed by atoms with van der Waals surface area (Å²) in [5.74, 6) is 0. The van der Waals surface area contributed by atoms with E-state index in [-0.39, 0.29) is 0 Å². The Bertz CT molecular complexity index is 355. The average Bonchev–Trinajstić information content (AvgIpc) is 2.58. The quantitative estimate of drug-likeness (QED) is 0.831. The molecule has 2 aromatic rings. The molecule has 2 heterocycles. The van der Waals surface area contributed by atoms with E-state index in [2.05, 4.69) is 26.0 Å². The molecule has 0 aliphatic rings. The standard InChI is InChI=1S/C6H5BrN4S/c7-4-1-10-11(3-4)6-9-2-5(8)12-6/h1-3H,8H2. The van der Waals surface area contributed by atoms with Gasteiger partial charge >= 0.3 is 0 Å². The third-order valence-corrected chi connectivity index (χ3v) is 2.48. The highest BCUT2D eigenvalue weighted by molar-refractivity contribution is 9.10. The highest BCUT2D eigenvalue weighted by Crippen LogP contribution is 2.19. The lowest BCUT2D eigenvalue weighted by Gasteiger charge is -1.90. The first-order valence-corrected chi connectivity index (χ1v) is 4.78. The van der Waals surface area contributed by atoms with Gasteiger partial charge < -0.3 is 5.73 Å². The van der Waals surface area contributed by atoms with Crippen molar-refractivity contribution in [2.45, 2.75) is 0 Å². The molecule has 2 aromatic heterocycles. The predicted octanol–water partition coefficient (Wildman–Crippen LogP) is 1.67. The van der Waals surface area contributed by atoms with Crippen LogP contribution in [0, 0.1) is 0 Å². The molecule has 4 nitrogen and oxygen atoms in total. The number of rotatable bonds is 1. The van der Waals surface area contributed by atoms with E-state index in [1.807, 2.05) is 6.20 Å². The molecule has 0 aliphatic heterocycles. The van der Waals surface area contributed by atoms with Crippen LogP contribution < -0.4 is 5.73 Å². The molecule has 0 saturated heterocycles. The predicted molar refractivity (Wildman–Crippen MR) is 51.3 cm³/mol. The molecule has 0 radical (unpaired) electrons. The molecular weight excluding hydrogens is 240 g/mol. The Kier molecular flexibility index (Phi) is 1.86. The molecule has 2 N–H and O–H groups in total. The first-order chi connectivity index (χ1) is 5.75. The molecule has 2 rings (SSSR count). The van der Waals surface area contributed by atoms with E-state index in [9.17, 15) is 0 Å². The van der Waals surface area contributed by atoms with Crippen molar-refractivity contribution in [3.63, 3.8) is 0 Å². The summed E-state index contributed by atoms with van der Waals surface area (Å²) in [5, 5.41) is 5.53. The first-order valence-electron chi connectivity index (χ1n) is 3.17. The number of hydrogen-bond donors (Lipinski definition) is 1. The average molecular weight is 245 g/mol. The van der Waals surface area contributed by atoms with Crippen LogP contribution in [-0.4, -0.2) is 14.8 Å². The van der Waals surface area contributed by atoms with Gasteiger partial charge in [0.05, 0.1) is 16.9 Å². The Morgan fingerprint density at radius 1 is 1.50 bits per heavy atom. The van der Waals surface area contributed by atoms with Crippen molar-refractivity contribution in [3.8, 4) is 5.13 Å². The van der Waals surface area contributed by atoms with Crippen molar-refractivity contribution in [3.05, 3.63) is 23.1 Å². The van der Waals surface area contributed by atoms with Crippen molar-refractivity contribution >= 4 is 32.3 Å². The maximum absolute atomic E-state index is 5.53. The van der Waals surface area contributed by atoms with Gasteiger partial charge in [0.1, 0.15) is 5.00 Å². The number of nitrogens with two attached hydrogens (primary N) is 1. The highest BCUT2D eigenvalue weighted by Gasteiger charge is 2.02. The molecule has 62 valence electrons. The fourth-order valence-corrected chi connectivity index (χ4v) is 1.69. The number of nitrogen functional groups attached to an aromatic ring is 1. The van der Waals surface area contributed by atoms with Crippen molar-refractivity contribution in [2.75, 3.05) is 5.73 Å². The molecule has 0 fully saturated rings. The van der Waals surface area contributed by atoms with Crippen molar-refractivity contribution in [1.82, 2.24) is 14.8 Å². The summed E-state index contributed by atoms with van der Waals surface area (Å²) in [7, 11) is 0. The number of halogens is 1. The molecular formula is C6H5BrN4S. The third-order valence-electron chi connectivity index (χ3n) is 1.26. The van der Waals surface area contributed by atoms with Crippen LogP contribution in [0.15, 0.2) is 23.1 Å². The van der Waals surface area contributed by atoms with Gasteiger partial charge in [-0.3, -0.25) is 0 Å². The smallest absolute Gasteiger partial charge is 0.212 e. The van der Waals surface area contributed by atoms with Crippen molar-refractivity contribution in [2.24, 2.45) is 0 Å². The molecule has 0 spiro atoms. The van der Waals surface area contributed by atoms with Crippen LogP contribution >= 0.6 is 27.3 Å². The van der Waals surface area contributed by atoms with Gasteiger partial charge in [0.15, 0.2) is 0 Å². The number of nitrogens with zero attached hydrogens (tertiary/aromatic N) is 3. The molecule has 0 unspecified atom stereocenters. The number of aromatic nitrogens is 3. The monoisotopic (exact) mass is 244 g/mol. The Labute approximate surface area is 81.2 Å². The lowest BCUT2D eigenvalue weighted by atomic mass is 10.7. The van der Waals surface area contributed by atoms with Crippen LogP contribution in [0.25, 0.3) is 5.13 Å². The maximum Gasteiger partial charge on any atom is 0.212 e. The summed E-state index contributed by atoms with van der Waals surface area (Å²) in [6.45, 7) is 0. The number of thiazole rings is 1. The molecule has 12 heavy (non-hydrogen) atoms. The second kappa shape index (κ2) is 2.87. The van der Waals surface area contributed by atoms with E-state index in [1.165, 1.54) is 11.3 Å². The lowest BCUT2D eigenvalue weighted by Crippen LogP contribution is -1.91. The summed E-state index contributed by atoms with van der Waals surface area (Å²) in [4.78, 5) is 4.07. The molecule has 0 saturated carbocycles. The van der Waals surface area contributed by atoms with Gasteiger partial charge in [-0.15, -0.1) is 0 Å². The lowest BCUT2D eigenvalue weighted by molar-refractivity contribution is 0.869. The van der Waals surface area contributed by atoms with Gasteiger partial charge in [-0.25, -0.2) is 9.67 Å². The van der Waals surface area contributed by atoms with E-state index in [0.29, 0.717) is 5.00 Å². The minimum Gasteiger partial charge on any atom is -0.389 e. The Morgan fingerprint density at radius 3 is 2.83 bits per heavy atom. The van der Waals surface area contributed by atoms with Gasteiger partial charge in [-0.2, -0.15) is 5.10 Å². The third kappa shape index (κ3) is 1.35. The van der Waals surface area contributed by atoms with E-state index < -0.39 is 0 Å². The Hall–Kier alpha value is -0.880. The molecule has 0 aliphatic carbocycles. The highest BCUT2D eigenvalue weighted by atomic mass is 79.9. The SMILES string of the molecule is Nc1cnc(-n2cc(Br)cn2)s1. The maximum atomic E-state index is 5.53. The summed E-state index contributed by atoms with van der Waals surface area (Å²) in [6, 6.07) is 0. The van der Waals surface area contributed by atoms with Crippen LogP contribution in [0.2, 0.25) is 0 Å². The van der Waals surface area contributed by atoms with Gasteiger partial charge in [0.2, 0.25) is 5.13 Å². The van der Waals surface area contributed by atoms with Crippen molar-refractivity contribution in [1.29, 1.82) is 0 Å². The fraction of sp³-hybridized carbons (Fsp3) is 0.